The third kappa shape index (κ3) is 9.98. The SMILES string of the molecule is CCOC(=O)c1c(NC(=O)C(Sc2cccc(NC(=O)/C(=C\c3ccccc3Cl)NC(=O)c3ccccc3)c2)c2ccccc2)sc2c1CCC(C(C)(C)C)C2. The maximum atomic E-state index is 14.4. The van der Waals surface area contributed by atoms with E-state index in [4.69, 9.17) is 16.3 Å². The highest BCUT2D eigenvalue weighted by Gasteiger charge is 2.35. The fraction of sp³-hybridized carbons (Fsp3) is 0.244. The van der Waals surface area contributed by atoms with E-state index in [-0.39, 0.29) is 23.6 Å². The monoisotopic (exact) mass is 805 g/mol. The lowest BCUT2D eigenvalue weighted by Crippen LogP contribution is -2.30. The van der Waals surface area contributed by atoms with Gasteiger partial charge in [-0.3, -0.25) is 14.4 Å². The first-order chi connectivity index (χ1) is 26.9. The molecule has 3 amide bonds. The predicted octanol–water partition coefficient (Wildman–Crippen LogP) is 10.6. The van der Waals surface area contributed by atoms with Crippen LogP contribution < -0.4 is 16.0 Å². The van der Waals surface area contributed by atoms with Crippen molar-refractivity contribution in [2.75, 3.05) is 17.2 Å². The number of thioether (sulfide) groups is 1. The van der Waals surface area contributed by atoms with Crippen LogP contribution in [0.25, 0.3) is 6.08 Å². The molecule has 2 unspecified atom stereocenters. The van der Waals surface area contributed by atoms with Crippen LogP contribution in [0.1, 0.15) is 81.6 Å². The molecule has 0 bridgehead atoms. The molecule has 0 aliphatic heterocycles. The van der Waals surface area contributed by atoms with E-state index in [0.717, 1.165) is 35.3 Å². The molecule has 0 saturated heterocycles. The molecule has 4 aromatic carbocycles. The fourth-order valence-electron chi connectivity index (χ4n) is 6.58. The zero-order valence-corrected chi connectivity index (χ0v) is 34.1. The number of nitrogens with one attached hydrogen (secondary N) is 3. The van der Waals surface area contributed by atoms with E-state index in [9.17, 15) is 19.2 Å². The van der Waals surface area contributed by atoms with Crippen LogP contribution in [0.15, 0.2) is 120 Å². The van der Waals surface area contributed by atoms with Crippen molar-refractivity contribution in [2.45, 2.75) is 57.1 Å². The molecule has 1 heterocycles. The molecular formula is C45H44ClN3O5S2. The summed E-state index contributed by atoms with van der Waals surface area (Å²) in [6.07, 6.45) is 4.08. The first kappa shape index (κ1) is 40.5. The molecule has 2 atom stereocenters. The minimum Gasteiger partial charge on any atom is -0.462 e. The van der Waals surface area contributed by atoms with E-state index in [0.29, 0.717) is 43.2 Å². The Kier molecular flexibility index (Phi) is 13.2. The van der Waals surface area contributed by atoms with Crippen molar-refractivity contribution in [3.63, 3.8) is 0 Å². The molecule has 288 valence electrons. The van der Waals surface area contributed by atoms with E-state index < -0.39 is 23.0 Å². The van der Waals surface area contributed by atoms with E-state index >= 15 is 0 Å². The van der Waals surface area contributed by atoms with Crippen LogP contribution in [-0.4, -0.2) is 30.3 Å². The van der Waals surface area contributed by atoms with Crippen LogP contribution in [0, 0.1) is 11.3 Å². The lowest BCUT2D eigenvalue weighted by Gasteiger charge is -2.33. The molecule has 0 fully saturated rings. The summed E-state index contributed by atoms with van der Waals surface area (Å²) in [5.74, 6) is -1.27. The summed E-state index contributed by atoms with van der Waals surface area (Å²) in [4.78, 5) is 56.5. The minimum atomic E-state index is -0.709. The normalized spacial score (nSPS) is 14.6. The van der Waals surface area contributed by atoms with Crippen LogP contribution in [-0.2, 0) is 27.2 Å². The van der Waals surface area contributed by atoms with Gasteiger partial charge < -0.3 is 20.7 Å². The molecule has 6 rings (SSSR count). The lowest BCUT2D eigenvalue weighted by molar-refractivity contribution is -0.116. The number of halogens is 1. The number of ether oxygens (including phenoxy) is 1. The van der Waals surface area contributed by atoms with Gasteiger partial charge in [-0.1, -0.05) is 105 Å². The second-order valence-electron chi connectivity index (χ2n) is 14.5. The van der Waals surface area contributed by atoms with Crippen LogP contribution >= 0.6 is 34.7 Å². The predicted molar refractivity (Wildman–Crippen MR) is 227 cm³/mol. The number of hydrogen-bond acceptors (Lipinski definition) is 7. The number of rotatable bonds is 12. The Labute approximate surface area is 341 Å². The van der Waals surface area contributed by atoms with Gasteiger partial charge in [-0.15, -0.1) is 23.1 Å². The molecule has 0 radical (unpaired) electrons. The Morgan fingerprint density at radius 2 is 1.61 bits per heavy atom. The molecule has 1 aromatic heterocycles. The number of carbonyl (C=O) groups excluding carboxylic acids is 4. The van der Waals surface area contributed by atoms with E-state index in [1.54, 1.807) is 79.7 Å². The number of benzene rings is 4. The Balaban J connectivity index is 1.26. The van der Waals surface area contributed by atoms with Gasteiger partial charge >= 0.3 is 5.97 Å². The van der Waals surface area contributed by atoms with Crippen molar-refractivity contribution in [2.24, 2.45) is 11.3 Å². The number of anilines is 2. The van der Waals surface area contributed by atoms with Gasteiger partial charge in [-0.2, -0.15) is 0 Å². The summed E-state index contributed by atoms with van der Waals surface area (Å²) in [7, 11) is 0. The number of carbonyl (C=O) groups is 4. The topological polar surface area (TPSA) is 114 Å². The summed E-state index contributed by atoms with van der Waals surface area (Å²) in [6, 6.07) is 32.2. The fourth-order valence-corrected chi connectivity index (χ4v) is 9.17. The maximum absolute atomic E-state index is 14.4. The maximum Gasteiger partial charge on any atom is 0.341 e. The third-order valence-corrected chi connectivity index (χ3v) is 12.4. The van der Waals surface area contributed by atoms with E-state index in [1.165, 1.54) is 29.2 Å². The van der Waals surface area contributed by atoms with Crippen LogP contribution in [0.5, 0.6) is 0 Å². The van der Waals surface area contributed by atoms with Crippen molar-refractivity contribution >= 4 is 75.2 Å². The number of thiophene rings is 1. The van der Waals surface area contributed by atoms with Crippen LogP contribution in [0.2, 0.25) is 5.02 Å². The average molecular weight is 806 g/mol. The van der Waals surface area contributed by atoms with Gasteiger partial charge in [-0.05, 0) is 96.7 Å². The zero-order valence-electron chi connectivity index (χ0n) is 31.7. The summed E-state index contributed by atoms with van der Waals surface area (Å²) in [6.45, 7) is 8.74. The zero-order chi connectivity index (χ0) is 39.8. The van der Waals surface area contributed by atoms with Crippen LogP contribution in [0.4, 0.5) is 10.7 Å². The highest BCUT2D eigenvalue weighted by molar-refractivity contribution is 8.00. The second kappa shape index (κ2) is 18.2. The number of amides is 3. The van der Waals surface area contributed by atoms with Crippen molar-refractivity contribution in [3.8, 4) is 0 Å². The second-order valence-corrected chi connectivity index (χ2v) is 17.2. The molecule has 8 nitrogen and oxygen atoms in total. The van der Waals surface area contributed by atoms with Gasteiger partial charge in [0.2, 0.25) is 5.91 Å². The average Bonchev–Trinajstić information content (AvgIpc) is 3.55. The summed E-state index contributed by atoms with van der Waals surface area (Å²) in [5.41, 5.74) is 3.70. The van der Waals surface area contributed by atoms with Gasteiger partial charge in [0.15, 0.2) is 0 Å². The first-order valence-electron chi connectivity index (χ1n) is 18.5. The highest BCUT2D eigenvalue weighted by Crippen LogP contribution is 2.45. The standard InChI is InChI=1S/C45H44ClN3O5S2/c1-5-54-44(53)38-34-24-23-31(45(2,3)4)26-37(34)56-43(38)49-42(52)39(28-15-8-6-9-16-28)55-33-21-14-20-32(27-33)47-41(51)36(25-30-19-12-13-22-35(30)46)48-40(50)29-17-10-7-11-18-29/h6-22,25,27,31,39H,5,23-24,26H2,1-4H3,(H,47,51)(H,48,50)(H,49,52)/b36-25+. The van der Waals surface area contributed by atoms with Crippen molar-refractivity contribution in [1.29, 1.82) is 0 Å². The van der Waals surface area contributed by atoms with Gasteiger partial charge in [0.05, 0.1) is 12.2 Å². The minimum absolute atomic E-state index is 0.00332. The van der Waals surface area contributed by atoms with Crippen LogP contribution in [0.3, 0.4) is 0 Å². The molecule has 0 spiro atoms. The summed E-state index contributed by atoms with van der Waals surface area (Å²) < 4.78 is 5.50. The summed E-state index contributed by atoms with van der Waals surface area (Å²) >= 11 is 9.21. The van der Waals surface area contributed by atoms with Gasteiger partial charge in [0.1, 0.15) is 15.9 Å². The molecule has 1 aliphatic carbocycles. The quantitative estimate of drug-likeness (QED) is 0.0657. The Morgan fingerprint density at radius 3 is 2.30 bits per heavy atom. The Hall–Kier alpha value is -5.16. The van der Waals surface area contributed by atoms with Gasteiger partial charge in [-0.25, -0.2) is 4.79 Å². The molecule has 0 saturated carbocycles. The molecule has 56 heavy (non-hydrogen) atoms. The number of fused-ring (bicyclic) bond motifs is 1. The molecule has 5 aromatic rings. The Bertz CT molecular complexity index is 2250. The van der Waals surface area contributed by atoms with E-state index in [1.807, 2.05) is 36.4 Å². The third-order valence-electron chi connectivity index (χ3n) is 9.63. The number of hydrogen-bond donors (Lipinski definition) is 3. The molecular weight excluding hydrogens is 762 g/mol. The smallest absolute Gasteiger partial charge is 0.341 e. The highest BCUT2D eigenvalue weighted by atomic mass is 35.5. The molecule has 11 heteroatoms. The van der Waals surface area contributed by atoms with Gasteiger partial charge in [0, 0.05) is 26.0 Å². The lowest BCUT2D eigenvalue weighted by atomic mass is 9.72. The van der Waals surface area contributed by atoms with Crippen molar-refractivity contribution in [3.05, 3.63) is 153 Å². The molecule has 1 aliphatic rings. The first-order valence-corrected chi connectivity index (χ1v) is 20.6. The largest absolute Gasteiger partial charge is 0.462 e. The van der Waals surface area contributed by atoms with E-state index in [2.05, 4.69) is 36.7 Å². The number of esters is 1. The molecule has 3 N–H and O–H groups in total. The van der Waals surface area contributed by atoms with Crippen molar-refractivity contribution in [1.82, 2.24) is 5.32 Å². The van der Waals surface area contributed by atoms with Crippen molar-refractivity contribution < 1.29 is 23.9 Å². The summed E-state index contributed by atoms with van der Waals surface area (Å²) in [5, 5.41) is 9.00. The Morgan fingerprint density at radius 1 is 0.911 bits per heavy atom. The van der Waals surface area contributed by atoms with Gasteiger partial charge in [0.25, 0.3) is 11.8 Å².